The van der Waals surface area contributed by atoms with E-state index in [1.165, 1.54) is 0 Å². The van der Waals surface area contributed by atoms with E-state index in [9.17, 15) is 4.79 Å². The number of amides is 1. The minimum Gasteiger partial charge on any atom is -0.454 e. The summed E-state index contributed by atoms with van der Waals surface area (Å²) in [4.78, 5) is 13.5. The first-order chi connectivity index (χ1) is 7.31. The van der Waals surface area contributed by atoms with Gasteiger partial charge in [-0.25, -0.2) is 0 Å². The van der Waals surface area contributed by atoms with Crippen LogP contribution in [-0.2, 0) is 11.2 Å². The number of ether oxygens (including phenoxy) is 2. The normalized spacial score (nSPS) is 17.1. The van der Waals surface area contributed by atoms with Gasteiger partial charge in [-0.1, -0.05) is 0 Å². The average molecular weight is 205 g/mol. The Balaban J connectivity index is 2.16. The number of hydrogen-bond donors (Lipinski definition) is 0. The van der Waals surface area contributed by atoms with Crippen molar-refractivity contribution in [2.45, 2.75) is 13.3 Å². The molecule has 0 fully saturated rings. The molecule has 78 valence electrons. The number of likely N-dealkylation sites (N-methyl/N-ethyl adjacent to an activating group) is 1. The van der Waals surface area contributed by atoms with Crippen molar-refractivity contribution in [3.05, 3.63) is 17.7 Å². The third-order valence-corrected chi connectivity index (χ3v) is 2.85. The second kappa shape index (κ2) is 2.89. The highest BCUT2D eigenvalue weighted by Gasteiger charge is 2.32. The zero-order valence-electron chi connectivity index (χ0n) is 8.45. The standard InChI is InChI=1S/C11H11NO3/c1-2-12-8-3-4-9-11(15-6-14-9)7(8)5-10(12)13/h3-4H,2,5-6H2,1H3. The maximum Gasteiger partial charge on any atom is 0.231 e. The molecule has 0 saturated heterocycles. The van der Waals surface area contributed by atoms with Gasteiger partial charge < -0.3 is 14.4 Å². The van der Waals surface area contributed by atoms with E-state index < -0.39 is 0 Å². The maximum atomic E-state index is 11.7. The average Bonchev–Trinajstić information content (AvgIpc) is 2.79. The van der Waals surface area contributed by atoms with Crippen LogP contribution < -0.4 is 14.4 Å². The summed E-state index contributed by atoms with van der Waals surface area (Å²) in [5.41, 5.74) is 1.93. The SMILES string of the molecule is CCN1C(=O)Cc2c1ccc1c2OCO1. The van der Waals surface area contributed by atoms with Gasteiger partial charge in [0, 0.05) is 12.1 Å². The van der Waals surface area contributed by atoms with Gasteiger partial charge >= 0.3 is 0 Å². The largest absolute Gasteiger partial charge is 0.454 e. The summed E-state index contributed by atoms with van der Waals surface area (Å²) in [6.45, 7) is 2.93. The molecular weight excluding hydrogens is 194 g/mol. The van der Waals surface area contributed by atoms with Crippen molar-refractivity contribution < 1.29 is 14.3 Å². The quantitative estimate of drug-likeness (QED) is 0.694. The van der Waals surface area contributed by atoms with Gasteiger partial charge in [0.2, 0.25) is 12.7 Å². The van der Waals surface area contributed by atoms with Crippen LogP contribution in [-0.4, -0.2) is 19.2 Å². The molecule has 4 nitrogen and oxygen atoms in total. The lowest BCUT2D eigenvalue weighted by Crippen LogP contribution is -2.25. The van der Waals surface area contributed by atoms with Gasteiger partial charge in [-0.2, -0.15) is 0 Å². The van der Waals surface area contributed by atoms with Crippen molar-refractivity contribution in [1.29, 1.82) is 0 Å². The lowest BCUT2D eigenvalue weighted by Gasteiger charge is -2.14. The lowest BCUT2D eigenvalue weighted by molar-refractivity contribution is -0.117. The van der Waals surface area contributed by atoms with Crippen molar-refractivity contribution in [1.82, 2.24) is 0 Å². The van der Waals surface area contributed by atoms with Crippen LogP contribution in [0.25, 0.3) is 0 Å². The van der Waals surface area contributed by atoms with Crippen LogP contribution in [0.15, 0.2) is 12.1 Å². The van der Waals surface area contributed by atoms with Crippen LogP contribution in [0.2, 0.25) is 0 Å². The Bertz CT molecular complexity index is 442. The molecule has 0 atom stereocenters. The first kappa shape index (κ1) is 8.59. The van der Waals surface area contributed by atoms with Crippen LogP contribution in [0.5, 0.6) is 11.5 Å². The Morgan fingerprint density at radius 1 is 1.40 bits per heavy atom. The molecule has 0 aromatic heterocycles. The fraction of sp³-hybridized carbons (Fsp3) is 0.364. The molecule has 0 unspecified atom stereocenters. The molecule has 1 aromatic carbocycles. The van der Waals surface area contributed by atoms with E-state index in [4.69, 9.17) is 9.47 Å². The Hall–Kier alpha value is -1.71. The summed E-state index contributed by atoms with van der Waals surface area (Å²) in [6.07, 6.45) is 0.426. The van der Waals surface area contributed by atoms with E-state index in [0.29, 0.717) is 13.0 Å². The minimum absolute atomic E-state index is 0.136. The molecule has 2 heterocycles. The van der Waals surface area contributed by atoms with Crippen LogP contribution in [0.3, 0.4) is 0 Å². The lowest BCUT2D eigenvalue weighted by atomic mass is 10.1. The minimum atomic E-state index is 0.136. The molecule has 2 aliphatic heterocycles. The van der Waals surface area contributed by atoms with E-state index in [2.05, 4.69) is 0 Å². The highest BCUT2D eigenvalue weighted by atomic mass is 16.7. The Morgan fingerprint density at radius 2 is 2.27 bits per heavy atom. The molecule has 0 spiro atoms. The van der Waals surface area contributed by atoms with Crippen molar-refractivity contribution in [3.8, 4) is 11.5 Å². The number of carbonyl (C=O) groups is 1. The van der Waals surface area contributed by atoms with E-state index >= 15 is 0 Å². The summed E-state index contributed by atoms with van der Waals surface area (Å²) in [5, 5.41) is 0. The molecule has 15 heavy (non-hydrogen) atoms. The summed E-state index contributed by atoms with van der Waals surface area (Å²) < 4.78 is 10.7. The van der Waals surface area contributed by atoms with Crippen LogP contribution in [0.1, 0.15) is 12.5 Å². The zero-order chi connectivity index (χ0) is 10.4. The first-order valence-corrected chi connectivity index (χ1v) is 5.03. The van der Waals surface area contributed by atoms with Crippen molar-refractivity contribution >= 4 is 11.6 Å². The van der Waals surface area contributed by atoms with Crippen molar-refractivity contribution in [3.63, 3.8) is 0 Å². The van der Waals surface area contributed by atoms with E-state index in [0.717, 1.165) is 22.7 Å². The molecule has 0 bridgehead atoms. The van der Waals surface area contributed by atoms with E-state index in [1.54, 1.807) is 4.90 Å². The molecule has 1 amide bonds. The van der Waals surface area contributed by atoms with Crippen molar-refractivity contribution in [2.75, 3.05) is 18.2 Å². The second-order valence-electron chi connectivity index (χ2n) is 3.61. The third-order valence-electron chi connectivity index (χ3n) is 2.85. The van der Waals surface area contributed by atoms with Gasteiger partial charge in [0.1, 0.15) is 0 Å². The number of fused-ring (bicyclic) bond motifs is 3. The van der Waals surface area contributed by atoms with Gasteiger partial charge in [0.25, 0.3) is 0 Å². The molecular formula is C11H11NO3. The number of nitrogens with zero attached hydrogens (tertiary/aromatic N) is 1. The summed E-state index contributed by atoms with van der Waals surface area (Å²) in [6, 6.07) is 3.79. The third kappa shape index (κ3) is 1.04. The smallest absolute Gasteiger partial charge is 0.231 e. The Morgan fingerprint density at radius 3 is 3.07 bits per heavy atom. The summed E-state index contributed by atoms with van der Waals surface area (Å²) in [5.74, 6) is 1.63. The van der Waals surface area contributed by atoms with Crippen LogP contribution in [0, 0.1) is 0 Å². The molecule has 1 aromatic rings. The van der Waals surface area contributed by atoms with Gasteiger partial charge in [-0.05, 0) is 19.1 Å². The summed E-state index contributed by atoms with van der Waals surface area (Å²) >= 11 is 0. The van der Waals surface area contributed by atoms with Gasteiger partial charge in [0.15, 0.2) is 11.5 Å². The monoisotopic (exact) mass is 205 g/mol. The topological polar surface area (TPSA) is 38.8 Å². The molecule has 0 radical (unpaired) electrons. The number of anilines is 1. The highest BCUT2D eigenvalue weighted by Crippen LogP contribution is 2.44. The van der Waals surface area contributed by atoms with E-state index in [1.807, 2.05) is 19.1 Å². The highest BCUT2D eigenvalue weighted by molar-refractivity contribution is 6.02. The molecule has 0 aliphatic carbocycles. The number of carbonyl (C=O) groups excluding carboxylic acids is 1. The molecule has 3 rings (SSSR count). The van der Waals surface area contributed by atoms with Gasteiger partial charge in [0.05, 0.1) is 12.1 Å². The molecule has 4 heteroatoms. The predicted molar refractivity (Wildman–Crippen MR) is 54.3 cm³/mol. The molecule has 0 saturated carbocycles. The Labute approximate surface area is 87.4 Å². The number of benzene rings is 1. The van der Waals surface area contributed by atoms with Gasteiger partial charge in [-0.15, -0.1) is 0 Å². The van der Waals surface area contributed by atoms with Crippen LogP contribution in [0.4, 0.5) is 5.69 Å². The van der Waals surface area contributed by atoms with Crippen LogP contribution >= 0.6 is 0 Å². The Kier molecular flexibility index (Phi) is 1.65. The predicted octanol–water partition coefficient (Wildman–Crippen LogP) is 1.32. The first-order valence-electron chi connectivity index (χ1n) is 5.03. The molecule has 2 aliphatic rings. The zero-order valence-corrected chi connectivity index (χ0v) is 8.45. The maximum absolute atomic E-state index is 11.7. The fourth-order valence-corrected chi connectivity index (χ4v) is 2.17. The molecule has 0 N–H and O–H groups in total. The second-order valence-corrected chi connectivity index (χ2v) is 3.61. The van der Waals surface area contributed by atoms with Gasteiger partial charge in [-0.3, -0.25) is 4.79 Å². The number of rotatable bonds is 1. The fourth-order valence-electron chi connectivity index (χ4n) is 2.17. The number of hydrogen-bond acceptors (Lipinski definition) is 3. The van der Waals surface area contributed by atoms with E-state index in [-0.39, 0.29) is 12.7 Å². The summed E-state index contributed by atoms with van der Waals surface area (Å²) in [7, 11) is 0. The van der Waals surface area contributed by atoms with Crippen molar-refractivity contribution in [2.24, 2.45) is 0 Å².